The number of para-hydroxylation sites is 1. The van der Waals surface area contributed by atoms with E-state index in [-0.39, 0.29) is 48.7 Å². The third kappa shape index (κ3) is 7.29. The number of halogens is 1. The minimum absolute atomic E-state index is 0.0443. The quantitative estimate of drug-likeness (QED) is 0.458. The van der Waals surface area contributed by atoms with Crippen molar-refractivity contribution in [2.75, 3.05) is 26.2 Å². The van der Waals surface area contributed by atoms with Crippen LogP contribution in [-0.4, -0.2) is 81.5 Å². The lowest BCUT2D eigenvalue weighted by Crippen LogP contribution is -2.55. The molecule has 0 spiro atoms. The van der Waals surface area contributed by atoms with Gasteiger partial charge in [-0.05, 0) is 75.3 Å². The van der Waals surface area contributed by atoms with Crippen molar-refractivity contribution in [3.63, 3.8) is 0 Å². The van der Waals surface area contributed by atoms with Crippen LogP contribution in [0.1, 0.15) is 66.0 Å². The number of carbonyl (C=O) groups excluding carboxylic acids is 4. The Hall–Kier alpha value is -4.54. The Bertz CT molecular complexity index is 1600. The van der Waals surface area contributed by atoms with E-state index in [0.29, 0.717) is 38.8 Å². The predicted octanol–water partition coefficient (Wildman–Crippen LogP) is 3.51. The summed E-state index contributed by atoms with van der Waals surface area (Å²) in [6.07, 6.45) is 2.21. The van der Waals surface area contributed by atoms with Gasteiger partial charge in [-0.2, -0.15) is 5.10 Å². The van der Waals surface area contributed by atoms with Crippen LogP contribution in [0.15, 0.2) is 48.5 Å². The van der Waals surface area contributed by atoms with Crippen LogP contribution in [0.2, 0.25) is 0 Å². The van der Waals surface area contributed by atoms with Crippen molar-refractivity contribution >= 4 is 23.6 Å². The number of nitrogens with one attached hydrogen (secondary N) is 2. The molecule has 2 aromatic carbocycles. The van der Waals surface area contributed by atoms with Gasteiger partial charge in [0.15, 0.2) is 0 Å². The summed E-state index contributed by atoms with van der Waals surface area (Å²) in [4.78, 5) is 57.3. The van der Waals surface area contributed by atoms with Crippen molar-refractivity contribution < 1.29 is 23.6 Å². The van der Waals surface area contributed by atoms with Crippen LogP contribution in [-0.2, 0) is 27.2 Å². The van der Waals surface area contributed by atoms with Gasteiger partial charge in [-0.3, -0.25) is 19.2 Å². The lowest BCUT2D eigenvalue weighted by Gasteiger charge is -2.32. The molecule has 10 nitrogen and oxygen atoms in total. The molecule has 46 heavy (non-hydrogen) atoms. The Morgan fingerprint density at radius 1 is 1.07 bits per heavy atom. The summed E-state index contributed by atoms with van der Waals surface area (Å²) in [5, 5.41) is 10.6. The van der Waals surface area contributed by atoms with Crippen molar-refractivity contribution in [1.82, 2.24) is 30.2 Å². The highest BCUT2D eigenvalue weighted by Gasteiger charge is 2.37. The summed E-state index contributed by atoms with van der Waals surface area (Å²) in [6.45, 7) is 8.31. The molecule has 5 rings (SSSR count). The maximum Gasteiger partial charge on any atom is 0.257 e. The molecule has 11 heteroatoms. The fourth-order valence-corrected chi connectivity index (χ4v) is 6.29. The molecular weight excluding hydrogens is 587 g/mol. The minimum atomic E-state index is -0.755. The van der Waals surface area contributed by atoms with Crippen molar-refractivity contribution in [1.29, 1.82) is 0 Å². The molecule has 3 heterocycles. The van der Waals surface area contributed by atoms with Gasteiger partial charge in [0.05, 0.1) is 29.9 Å². The zero-order chi connectivity index (χ0) is 33.0. The molecule has 1 saturated heterocycles. The maximum atomic E-state index is 14.8. The number of aryl methyl sites for hydroxylation is 2. The highest BCUT2D eigenvalue weighted by molar-refractivity contribution is 5.98. The number of amides is 4. The van der Waals surface area contributed by atoms with Gasteiger partial charge in [0, 0.05) is 36.9 Å². The second-order valence-corrected chi connectivity index (χ2v) is 12.6. The van der Waals surface area contributed by atoms with Crippen LogP contribution in [0, 0.1) is 25.6 Å². The molecule has 2 N–H and O–H groups in total. The lowest BCUT2D eigenvalue weighted by atomic mass is 10.0. The molecule has 3 aromatic rings. The molecule has 2 aliphatic rings. The van der Waals surface area contributed by atoms with E-state index >= 15 is 0 Å². The van der Waals surface area contributed by atoms with E-state index in [1.165, 1.54) is 15.9 Å². The molecule has 1 fully saturated rings. The number of rotatable bonds is 4. The first-order chi connectivity index (χ1) is 22.0. The van der Waals surface area contributed by atoms with Crippen LogP contribution >= 0.6 is 0 Å². The maximum absolute atomic E-state index is 14.8. The summed E-state index contributed by atoms with van der Waals surface area (Å²) in [7, 11) is 0. The second kappa shape index (κ2) is 14.3. The van der Waals surface area contributed by atoms with Crippen LogP contribution in [0.5, 0.6) is 0 Å². The summed E-state index contributed by atoms with van der Waals surface area (Å²) in [5.74, 6) is -2.13. The zero-order valence-electron chi connectivity index (χ0n) is 27.0. The van der Waals surface area contributed by atoms with E-state index < -0.39 is 23.8 Å². The van der Waals surface area contributed by atoms with Gasteiger partial charge < -0.3 is 20.4 Å². The van der Waals surface area contributed by atoms with Crippen molar-refractivity contribution in [3.8, 4) is 5.69 Å². The Labute approximate surface area is 269 Å². The highest BCUT2D eigenvalue weighted by Crippen LogP contribution is 2.24. The molecule has 0 aliphatic carbocycles. The fraction of sp³-hybridized carbons (Fsp3) is 0.457. The standard InChI is InChI=1S/C35H43FN6O4/c1-22(2)30-20-40(33(44)19-27-23(3)39-42(24(27)4)26-11-6-5-7-12-26)21-32(43)37-16-8-10-25-14-15-29(36)28(18-25)35(46)41-17-9-13-31(41)34(45)38-30/h5-7,11-12,14-15,18,22,30-31H,8-10,13,16-17,19-21H2,1-4H3,(H,37,43)(H,38,45)/t30-,31-/m0/s1. The molecule has 4 amide bonds. The number of hydrogen-bond donors (Lipinski definition) is 2. The highest BCUT2D eigenvalue weighted by atomic mass is 19.1. The number of carbonyl (C=O) groups is 4. The van der Waals surface area contributed by atoms with Gasteiger partial charge in [0.1, 0.15) is 11.9 Å². The average molecular weight is 631 g/mol. The lowest BCUT2D eigenvalue weighted by molar-refractivity contribution is -0.136. The summed E-state index contributed by atoms with van der Waals surface area (Å²) >= 11 is 0. The SMILES string of the molecule is Cc1nn(-c2ccccc2)c(C)c1CC(=O)N1CC(=O)NCCCc2ccc(F)c(c2)C(=O)N2CCC[C@H]2C(=O)N[C@H](C(C)C)C1. The molecule has 0 saturated carbocycles. The Kier molecular flexibility index (Phi) is 10.2. The topological polar surface area (TPSA) is 117 Å². The van der Waals surface area contributed by atoms with Crippen molar-refractivity contribution in [2.45, 2.75) is 71.9 Å². The van der Waals surface area contributed by atoms with E-state index in [2.05, 4.69) is 15.7 Å². The van der Waals surface area contributed by atoms with Crippen molar-refractivity contribution in [2.24, 2.45) is 5.92 Å². The molecule has 0 radical (unpaired) electrons. The van der Waals surface area contributed by atoms with Crippen molar-refractivity contribution in [3.05, 3.63) is 82.4 Å². The van der Waals surface area contributed by atoms with E-state index in [4.69, 9.17) is 0 Å². The average Bonchev–Trinajstić information content (AvgIpc) is 3.64. The fourth-order valence-electron chi connectivity index (χ4n) is 6.29. The second-order valence-electron chi connectivity index (χ2n) is 12.6. The molecule has 2 aliphatic heterocycles. The Balaban J connectivity index is 1.42. The smallest absolute Gasteiger partial charge is 0.257 e. The van der Waals surface area contributed by atoms with E-state index in [9.17, 15) is 23.6 Å². The van der Waals surface area contributed by atoms with Gasteiger partial charge in [-0.15, -0.1) is 0 Å². The third-order valence-corrected chi connectivity index (χ3v) is 9.05. The number of hydrogen-bond acceptors (Lipinski definition) is 5. The number of benzene rings is 2. The Morgan fingerprint density at radius 3 is 2.57 bits per heavy atom. The number of nitrogens with zero attached hydrogens (tertiary/aromatic N) is 4. The predicted molar refractivity (Wildman–Crippen MR) is 172 cm³/mol. The molecule has 0 unspecified atom stereocenters. The third-order valence-electron chi connectivity index (χ3n) is 9.05. The summed E-state index contributed by atoms with van der Waals surface area (Å²) in [6, 6.07) is 12.9. The van der Waals surface area contributed by atoms with E-state index in [1.54, 1.807) is 12.1 Å². The van der Waals surface area contributed by atoms with Crippen LogP contribution in [0.3, 0.4) is 0 Å². The zero-order valence-corrected chi connectivity index (χ0v) is 27.0. The molecule has 2 bridgehead atoms. The minimum Gasteiger partial charge on any atom is -0.355 e. The Morgan fingerprint density at radius 2 is 1.83 bits per heavy atom. The summed E-state index contributed by atoms with van der Waals surface area (Å²) < 4.78 is 16.7. The summed E-state index contributed by atoms with van der Waals surface area (Å²) in [5.41, 5.74) is 3.96. The molecule has 244 valence electrons. The van der Waals surface area contributed by atoms with E-state index in [1.807, 2.05) is 62.7 Å². The van der Waals surface area contributed by atoms with E-state index in [0.717, 1.165) is 28.2 Å². The molecular formula is C35H43FN6O4. The number of aromatic nitrogens is 2. The van der Waals surface area contributed by atoms with Gasteiger partial charge >= 0.3 is 0 Å². The van der Waals surface area contributed by atoms with Crippen LogP contribution < -0.4 is 10.6 Å². The van der Waals surface area contributed by atoms with Gasteiger partial charge in [0.25, 0.3) is 5.91 Å². The molecule has 1 aromatic heterocycles. The van der Waals surface area contributed by atoms with Gasteiger partial charge in [0.2, 0.25) is 17.7 Å². The van der Waals surface area contributed by atoms with Crippen LogP contribution in [0.4, 0.5) is 4.39 Å². The van der Waals surface area contributed by atoms with Gasteiger partial charge in [-0.25, -0.2) is 9.07 Å². The largest absolute Gasteiger partial charge is 0.355 e. The van der Waals surface area contributed by atoms with Crippen LogP contribution in [0.25, 0.3) is 5.69 Å². The normalized spacial score (nSPS) is 19.9. The first-order valence-corrected chi connectivity index (χ1v) is 16.1. The first-order valence-electron chi connectivity index (χ1n) is 16.1. The first kappa shape index (κ1) is 32.8. The monoisotopic (exact) mass is 630 g/mol. The molecule has 2 atom stereocenters. The number of fused-ring (bicyclic) bond motifs is 3. The van der Waals surface area contributed by atoms with Gasteiger partial charge in [-0.1, -0.05) is 38.1 Å².